The van der Waals surface area contributed by atoms with E-state index in [4.69, 9.17) is 27.9 Å². The van der Waals surface area contributed by atoms with Crippen LogP contribution in [-0.4, -0.2) is 65.1 Å². The highest BCUT2D eigenvalue weighted by molar-refractivity contribution is 8.18. The molecular formula is C28H23Cl2N5O4S. The number of piperazine rings is 1. The lowest BCUT2D eigenvalue weighted by Crippen LogP contribution is -2.51. The molecule has 2 amide bonds. The molecule has 2 saturated heterocycles. The van der Waals surface area contributed by atoms with Crippen LogP contribution in [0, 0.1) is 0 Å². The van der Waals surface area contributed by atoms with E-state index in [0.29, 0.717) is 64.8 Å². The molecule has 1 unspecified atom stereocenters. The maximum Gasteiger partial charge on any atom is 0.306 e. The van der Waals surface area contributed by atoms with Gasteiger partial charge in [0.25, 0.3) is 11.8 Å². The van der Waals surface area contributed by atoms with E-state index in [1.807, 2.05) is 24.3 Å². The Hall–Kier alpha value is -3.60. The molecular weight excluding hydrogens is 573 g/mol. The third kappa shape index (κ3) is 5.39. The van der Waals surface area contributed by atoms with E-state index in [1.54, 1.807) is 35.4 Å². The van der Waals surface area contributed by atoms with Crippen molar-refractivity contribution < 1.29 is 19.1 Å². The second-order valence-electron chi connectivity index (χ2n) is 9.49. The van der Waals surface area contributed by atoms with Crippen molar-refractivity contribution in [2.75, 3.05) is 36.4 Å². The number of esters is 1. The third-order valence-electron chi connectivity index (χ3n) is 6.95. The Balaban J connectivity index is 1.18. The van der Waals surface area contributed by atoms with Gasteiger partial charge in [0.15, 0.2) is 11.3 Å². The number of hydrogen-bond donors (Lipinski definition) is 1. The number of amidine groups is 1. The van der Waals surface area contributed by atoms with Crippen molar-refractivity contribution in [3.63, 3.8) is 0 Å². The molecule has 4 heterocycles. The molecule has 0 aliphatic carbocycles. The van der Waals surface area contributed by atoms with E-state index in [2.05, 4.69) is 20.2 Å². The number of hydrogen-bond acceptors (Lipinski definition) is 8. The number of carbonyl (C=O) groups is 3. The molecule has 2 fully saturated rings. The van der Waals surface area contributed by atoms with Gasteiger partial charge in [-0.2, -0.15) is 4.99 Å². The maximum atomic E-state index is 12.8. The van der Waals surface area contributed by atoms with E-state index in [0.717, 1.165) is 22.2 Å². The number of para-hydroxylation sites is 1. The summed E-state index contributed by atoms with van der Waals surface area (Å²) in [6.45, 7) is 2.35. The summed E-state index contributed by atoms with van der Waals surface area (Å²) in [7, 11) is 0. The number of benzene rings is 2. The number of fused-ring (bicyclic) bond motifs is 1. The van der Waals surface area contributed by atoms with Gasteiger partial charge >= 0.3 is 5.97 Å². The van der Waals surface area contributed by atoms with Crippen molar-refractivity contribution in [1.29, 1.82) is 0 Å². The van der Waals surface area contributed by atoms with Crippen LogP contribution in [0.4, 0.5) is 11.4 Å². The summed E-state index contributed by atoms with van der Waals surface area (Å²) in [6, 6.07) is 13.0. The fourth-order valence-corrected chi connectivity index (χ4v) is 6.23. The van der Waals surface area contributed by atoms with Crippen molar-refractivity contribution in [3.05, 3.63) is 69.2 Å². The first-order valence-corrected chi connectivity index (χ1v) is 14.3. The normalized spacial score (nSPS) is 20.3. The Kier molecular flexibility index (Phi) is 7.39. The highest BCUT2D eigenvalue weighted by Gasteiger charge is 2.34. The second-order valence-corrected chi connectivity index (χ2v) is 11.3. The number of halogens is 2. The van der Waals surface area contributed by atoms with Crippen LogP contribution in [0.25, 0.3) is 17.0 Å². The topological polar surface area (TPSA) is 104 Å². The minimum Gasteiger partial charge on any atom is -0.452 e. The van der Waals surface area contributed by atoms with Crippen LogP contribution in [0.15, 0.2) is 58.6 Å². The quantitative estimate of drug-likeness (QED) is 0.333. The van der Waals surface area contributed by atoms with Crippen LogP contribution in [0.1, 0.15) is 18.4 Å². The van der Waals surface area contributed by atoms with Crippen molar-refractivity contribution in [3.8, 4) is 0 Å². The standard InChI is InChI=1S/C28H23Cl2N5O4S/c29-18-2-1-3-19(30)25(18)32-28-33-26(37)23(40-28)15-16-4-5-20-17(14-16)21(8-9-31-20)34-10-12-35(13-11-34)27(38)22-6-7-24(36)39-22/h1-5,8-9,14-15,22H,6-7,10-13H2,(H,32,33,37)/b23-15+. The van der Waals surface area contributed by atoms with Crippen LogP contribution in [0.5, 0.6) is 0 Å². The first kappa shape index (κ1) is 26.6. The monoisotopic (exact) mass is 595 g/mol. The van der Waals surface area contributed by atoms with E-state index in [1.165, 1.54) is 11.8 Å². The Morgan fingerprint density at radius 2 is 1.85 bits per heavy atom. The van der Waals surface area contributed by atoms with Crippen molar-refractivity contribution >= 4 is 86.3 Å². The minimum atomic E-state index is -0.658. The molecule has 3 aliphatic rings. The first-order chi connectivity index (χ1) is 19.4. The molecule has 0 spiro atoms. The van der Waals surface area contributed by atoms with Gasteiger partial charge in [-0.15, -0.1) is 0 Å². The van der Waals surface area contributed by atoms with E-state index in [-0.39, 0.29) is 17.8 Å². The molecule has 40 heavy (non-hydrogen) atoms. The van der Waals surface area contributed by atoms with Crippen LogP contribution >= 0.6 is 35.0 Å². The number of aromatic nitrogens is 1. The van der Waals surface area contributed by atoms with Crippen molar-refractivity contribution in [1.82, 2.24) is 9.88 Å². The van der Waals surface area contributed by atoms with Crippen molar-refractivity contribution in [2.24, 2.45) is 4.99 Å². The van der Waals surface area contributed by atoms with Gasteiger partial charge in [0.2, 0.25) is 0 Å². The summed E-state index contributed by atoms with van der Waals surface area (Å²) in [5.41, 5.74) is 3.16. The smallest absolute Gasteiger partial charge is 0.306 e. The van der Waals surface area contributed by atoms with Gasteiger partial charge in [-0.25, -0.2) is 0 Å². The molecule has 12 heteroatoms. The molecule has 1 atom stereocenters. The van der Waals surface area contributed by atoms with Crippen LogP contribution in [-0.2, 0) is 19.1 Å². The van der Waals surface area contributed by atoms with E-state index in [9.17, 15) is 14.4 Å². The van der Waals surface area contributed by atoms with Gasteiger partial charge in [0.05, 0.1) is 26.2 Å². The number of anilines is 2. The average molecular weight is 596 g/mol. The zero-order valence-electron chi connectivity index (χ0n) is 21.1. The maximum absolute atomic E-state index is 12.8. The lowest BCUT2D eigenvalue weighted by molar-refractivity contribution is -0.153. The molecule has 3 aromatic rings. The van der Waals surface area contributed by atoms with Crippen molar-refractivity contribution in [2.45, 2.75) is 18.9 Å². The van der Waals surface area contributed by atoms with Gasteiger partial charge < -0.3 is 19.9 Å². The van der Waals surface area contributed by atoms with E-state index >= 15 is 0 Å². The summed E-state index contributed by atoms with van der Waals surface area (Å²) in [6.07, 6.45) is 3.65. The number of amides is 2. The van der Waals surface area contributed by atoms with Gasteiger partial charge in [-0.3, -0.25) is 19.4 Å². The van der Waals surface area contributed by atoms with E-state index < -0.39 is 6.10 Å². The molecule has 1 N–H and O–H groups in total. The fraction of sp³-hybridized carbons (Fsp3) is 0.250. The summed E-state index contributed by atoms with van der Waals surface area (Å²) in [5, 5.41) is 5.26. The first-order valence-electron chi connectivity index (χ1n) is 12.7. The Bertz CT molecular complexity index is 1580. The number of carbonyl (C=O) groups excluding carboxylic acids is 3. The third-order valence-corrected chi connectivity index (χ3v) is 8.48. The highest BCUT2D eigenvalue weighted by atomic mass is 35.5. The highest BCUT2D eigenvalue weighted by Crippen LogP contribution is 2.35. The van der Waals surface area contributed by atoms with Crippen LogP contribution < -0.4 is 10.2 Å². The van der Waals surface area contributed by atoms with Gasteiger partial charge in [-0.1, -0.05) is 35.3 Å². The van der Waals surface area contributed by atoms with Gasteiger partial charge in [-0.05, 0) is 53.7 Å². The van der Waals surface area contributed by atoms with Gasteiger partial charge in [0, 0.05) is 56.3 Å². The summed E-state index contributed by atoms with van der Waals surface area (Å²) in [5.74, 6) is -0.783. The lowest BCUT2D eigenvalue weighted by Gasteiger charge is -2.37. The molecule has 204 valence electrons. The Morgan fingerprint density at radius 3 is 2.58 bits per heavy atom. The lowest BCUT2D eigenvalue weighted by atomic mass is 10.1. The molecule has 3 aliphatic heterocycles. The number of pyridine rings is 1. The molecule has 0 bridgehead atoms. The number of cyclic esters (lactones) is 1. The Morgan fingerprint density at radius 1 is 1.07 bits per heavy atom. The minimum absolute atomic E-state index is 0.120. The summed E-state index contributed by atoms with van der Waals surface area (Å²) < 4.78 is 5.16. The predicted molar refractivity (Wildman–Crippen MR) is 158 cm³/mol. The van der Waals surface area contributed by atoms with Crippen LogP contribution in [0.2, 0.25) is 10.0 Å². The van der Waals surface area contributed by atoms with Crippen LogP contribution in [0.3, 0.4) is 0 Å². The number of nitrogens with one attached hydrogen (secondary N) is 1. The zero-order valence-corrected chi connectivity index (χ0v) is 23.4. The number of nitrogens with zero attached hydrogens (tertiary/aromatic N) is 4. The molecule has 9 nitrogen and oxygen atoms in total. The molecule has 6 rings (SSSR count). The molecule has 2 aromatic carbocycles. The Labute approximate surface area is 244 Å². The number of ether oxygens (including phenoxy) is 1. The zero-order chi connectivity index (χ0) is 27.8. The number of thioether (sulfide) groups is 1. The SMILES string of the molecule is O=C1CCC(C(=O)N2CCN(c3ccnc4ccc(/C=C5/SC(Nc6c(Cl)cccc6Cl)=NC5=O)cc34)CC2)O1. The second kappa shape index (κ2) is 11.1. The molecule has 0 radical (unpaired) electrons. The fourth-order valence-electron chi connectivity index (χ4n) is 4.92. The number of aliphatic imine (C=N–C) groups is 1. The summed E-state index contributed by atoms with van der Waals surface area (Å²) >= 11 is 13.7. The average Bonchev–Trinajstić information content (AvgIpc) is 3.54. The predicted octanol–water partition coefficient (Wildman–Crippen LogP) is 4.98. The molecule has 1 aromatic heterocycles. The molecule has 0 saturated carbocycles. The van der Waals surface area contributed by atoms with Gasteiger partial charge in [0.1, 0.15) is 0 Å². The summed E-state index contributed by atoms with van der Waals surface area (Å²) in [4.78, 5) is 49.9. The number of rotatable bonds is 4. The largest absolute Gasteiger partial charge is 0.452 e.